The molecule has 0 amide bonds. The zero-order chi connectivity index (χ0) is 23.5. The molecule has 2 aromatic carbocycles. The van der Waals surface area contributed by atoms with Gasteiger partial charge in [-0.05, 0) is 57.0 Å². The van der Waals surface area contributed by atoms with Gasteiger partial charge in [0.1, 0.15) is 18.1 Å². The SMILES string of the molecule is Cc1ccc(S(=O)(=O)NC(C)(C)C)c(-c2ccc(COc3ccc(C(=O)O)nc3)cc2)c1. The lowest BCUT2D eigenvalue weighted by Crippen LogP contribution is -2.40. The van der Waals surface area contributed by atoms with Crippen LogP contribution < -0.4 is 9.46 Å². The monoisotopic (exact) mass is 454 g/mol. The van der Waals surface area contributed by atoms with Crippen molar-refractivity contribution >= 4 is 16.0 Å². The highest BCUT2D eigenvalue weighted by Crippen LogP contribution is 2.29. The zero-order valence-electron chi connectivity index (χ0n) is 18.4. The summed E-state index contributed by atoms with van der Waals surface area (Å²) in [6, 6.07) is 15.6. The highest BCUT2D eigenvalue weighted by molar-refractivity contribution is 7.89. The number of pyridine rings is 1. The van der Waals surface area contributed by atoms with Gasteiger partial charge in [0.15, 0.2) is 0 Å². The van der Waals surface area contributed by atoms with Crippen LogP contribution in [0.3, 0.4) is 0 Å². The molecule has 1 aromatic heterocycles. The second-order valence-corrected chi connectivity index (χ2v) is 10.2. The van der Waals surface area contributed by atoms with E-state index in [0.717, 1.165) is 16.7 Å². The summed E-state index contributed by atoms with van der Waals surface area (Å²) in [4.78, 5) is 14.9. The van der Waals surface area contributed by atoms with Crippen LogP contribution in [-0.4, -0.2) is 30.0 Å². The first kappa shape index (κ1) is 23.4. The molecule has 0 radical (unpaired) electrons. The van der Waals surface area contributed by atoms with Crippen molar-refractivity contribution < 1.29 is 23.1 Å². The average Bonchev–Trinajstić information content (AvgIpc) is 2.71. The van der Waals surface area contributed by atoms with E-state index < -0.39 is 21.5 Å². The molecular formula is C24H26N2O5S. The number of hydrogen-bond acceptors (Lipinski definition) is 5. The molecule has 3 aromatic rings. The third kappa shape index (κ3) is 5.93. The first-order chi connectivity index (χ1) is 14.9. The van der Waals surface area contributed by atoms with E-state index in [1.807, 2.05) is 37.3 Å². The normalized spacial score (nSPS) is 11.9. The van der Waals surface area contributed by atoms with Gasteiger partial charge >= 0.3 is 5.97 Å². The van der Waals surface area contributed by atoms with Crippen molar-refractivity contribution in [2.24, 2.45) is 0 Å². The van der Waals surface area contributed by atoms with Gasteiger partial charge < -0.3 is 9.84 Å². The summed E-state index contributed by atoms with van der Waals surface area (Å²) in [7, 11) is -3.70. The van der Waals surface area contributed by atoms with Crippen LogP contribution >= 0.6 is 0 Å². The van der Waals surface area contributed by atoms with E-state index in [1.165, 1.54) is 12.3 Å². The number of hydrogen-bond donors (Lipinski definition) is 2. The number of aromatic carboxylic acids is 1. The summed E-state index contributed by atoms with van der Waals surface area (Å²) in [6.45, 7) is 7.59. The largest absolute Gasteiger partial charge is 0.487 e. The molecule has 0 fully saturated rings. The molecule has 3 rings (SSSR count). The summed E-state index contributed by atoms with van der Waals surface area (Å²) >= 11 is 0. The standard InChI is InChI=1S/C24H26N2O5S/c1-16-5-12-22(32(29,30)26-24(2,3)4)20(13-16)18-8-6-17(7-9-18)15-31-19-10-11-21(23(27)28)25-14-19/h5-14,26H,15H2,1-4H3,(H,27,28). The quantitative estimate of drug-likeness (QED) is 0.548. The van der Waals surface area contributed by atoms with Gasteiger partial charge in [-0.2, -0.15) is 0 Å². The molecule has 1 heterocycles. The molecule has 0 bridgehead atoms. The van der Waals surface area contributed by atoms with Crippen LogP contribution in [0.25, 0.3) is 11.1 Å². The maximum atomic E-state index is 13.0. The van der Waals surface area contributed by atoms with Crippen LogP contribution in [-0.2, 0) is 16.6 Å². The van der Waals surface area contributed by atoms with Crippen molar-refractivity contribution in [3.63, 3.8) is 0 Å². The zero-order valence-corrected chi connectivity index (χ0v) is 19.2. The number of aryl methyl sites for hydroxylation is 1. The fourth-order valence-electron chi connectivity index (χ4n) is 3.10. The van der Waals surface area contributed by atoms with Crippen molar-refractivity contribution in [3.8, 4) is 16.9 Å². The van der Waals surface area contributed by atoms with Crippen molar-refractivity contribution in [1.29, 1.82) is 0 Å². The Balaban J connectivity index is 1.81. The van der Waals surface area contributed by atoms with Crippen LogP contribution in [0, 0.1) is 6.92 Å². The summed E-state index contributed by atoms with van der Waals surface area (Å²) in [6.07, 6.45) is 1.37. The summed E-state index contributed by atoms with van der Waals surface area (Å²) < 4.78 is 34.3. The predicted molar refractivity (Wildman–Crippen MR) is 122 cm³/mol. The molecule has 8 heteroatoms. The number of nitrogens with zero attached hydrogens (tertiary/aromatic N) is 1. The number of carboxylic acid groups (broad SMARTS) is 1. The fraction of sp³-hybridized carbons (Fsp3) is 0.250. The molecule has 0 atom stereocenters. The van der Waals surface area contributed by atoms with Crippen LogP contribution in [0.2, 0.25) is 0 Å². The number of ether oxygens (including phenoxy) is 1. The van der Waals surface area contributed by atoms with Crippen LogP contribution in [0.1, 0.15) is 42.4 Å². The van der Waals surface area contributed by atoms with E-state index >= 15 is 0 Å². The molecule has 0 aliphatic heterocycles. The van der Waals surface area contributed by atoms with E-state index in [4.69, 9.17) is 9.84 Å². The lowest BCUT2D eigenvalue weighted by molar-refractivity contribution is 0.0690. The summed E-state index contributed by atoms with van der Waals surface area (Å²) in [5.41, 5.74) is 2.59. The van der Waals surface area contributed by atoms with Crippen LogP contribution in [0.4, 0.5) is 0 Å². The van der Waals surface area contributed by atoms with Gasteiger partial charge in [0.2, 0.25) is 10.0 Å². The lowest BCUT2D eigenvalue weighted by Gasteiger charge is -2.22. The highest BCUT2D eigenvalue weighted by Gasteiger charge is 2.25. The van der Waals surface area contributed by atoms with Crippen molar-refractivity contribution in [2.45, 2.75) is 44.7 Å². The minimum atomic E-state index is -3.70. The first-order valence-corrected chi connectivity index (χ1v) is 11.5. The molecule has 0 saturated carbocycles. The minimum absolute atomic E-state index is 0.0495. The van der Waals surface area contributed by atoms with E-state index in [1.54, 1.807) is 39.0 Å². The molecule has 0 aliphatic carbocycles. The van der Waals surface area contributed by atoms with Crippen LogP contribution in [0.15, 0.2) is 65.7 Å². The van der Waals surface area contributed by atoms with Gasteiger partial charge in [-0.15, -0.1) is 0 Å². The molecule has 0 aliphatic rings. The maximum Gasteiger partial charge on any atom is 0.354 e. The van der Waals surface area contributed by atoms with Gasteiger partial charge in [0, 0.05) is 11.1 Å². The Hall–Kier alpha value is -3.23. The fourth-order valence-corrected chi connectivity index (χ4v) is 4.73. The van der Waals surface area contributed by atoms with Crippen molar-refractivity contribution in [1.82, 2.24) is 9.71 Å². The number of carbonyl (C=O) groups is 1. The predicted octanol–water partition coefficient (Wildman–Crippen LogP) is 4.41. The van der Waals surface area contributed by atoms with Gasteiger partial charge in [-0.3, -0.25) is 0 Å². The van der Waals surface area contributed by atoms with Crippen molar-refractivity contribution in [3.05, 3.63) is 77.6 Å². The van der Waals surface area contributed by atoms with Gasteiger partial charge in [0.05, 0.1) is 11.1 Å². The second-order valence-electron chi connectivity index (χ2n) is 8.53. The number of benzene rings is 2. The molecule has 0 spiro atoms. The Morgan fingerprint density at radius 3 is 2.31 bits per heavy atom. The Morgan fingerprint density at radius 2 is 1.75 bits per heavy atom. The Labute approximate surface area is 188 Å². The van der Waals surface area contributed by atoms with Gasteiger partial charge in [0.25, 0.3) is 0 Å². The van der Waals surface area contributed by atoms with E-state index in [9.17, 15) is 13.2 Å². The minimum Gasteiger partial charge on any atom is -0.487 e. The molecule has 168 valence electrons. The van der Waals surface area contributed by atoms with Crippen molar-refractivity contribution in [2.75, 3.05) is 0 Å². The summed E-state index contributed by atoms with van der Waals surface area (Å²) in [5.74, 6) is -0.637. The smallest absolute Gasteiger partial charge is 0.354 e. The number of aromatic nitrogens is 1. The van der Waals surface area contributed by atoms with Gasteiger partial charge in [-0.25, -0.2) is 22.9 Å². The van der Waals surface area contributed by atoms with E-state index in [-0.39, 0.29) is 17.2 Å². The Morgan fingerprint density at radius 1 is 1.06 bits per heavy atom. The average molecular weight is 455 g/mol. The number of sulfonamides is 1. The molecule has 7 nitrogen and oxygen atoms in total. The first-order valence-electron chi connectivity index (χ1n) is 10.0. The molecule has 0 saturated heterocycles. The highest BCUT2D eigenvalue weighted by atomic mass is 32.2. The van der Waals surface area contributed by atoms with E-state index in [0.29, 0.717) is 11.3 Å². The van der Waals surface area contributed by atoms with Gasteiger partial charge in [-0.1, -0.05) is 42.0 Å². The molecule has 32 heavy (non-hydrogen) atoms. The third-order valence-electron chi connectivity index (χ3n) is 4.49. The molecular weight excluding hydrogens is 428 g/mol. The Kier molecular flexibility index (Phi) is 6.66. The number of nitrogens with one attached hydrogen (secondary N) is 1. The third-order valence-corrected chi connectivity index (χ3v) is 6.31. The lowest BCUT2D eigenvalue weighted by atomic mass is 10.0. The van der Waals surface area contributed by atoms with E-state index in [2.05, 4.69) is 9.71 Å². The topological polar surface area (TPSA) is 106 Å². The molecule has 0 unspecified atom stereocenters. The second kappa shape index (κ2) is 9.10. The van der Waals surface area contributed by atoms with Crippen LogP contribution in [0.5, 0.6) is 5.75 Å². The Bertz CT molecular complexity index is 1210. The maximum absolute atomic E-state index is 13.0. The number of rotatable bonds is 7. The number of carboxylic acids is 1. The molecule has 2 N–H and O–H groups in total. The summed E-state index contributed by atoms with van der Waals surface area (Å²) in [5, 5.41) is 8.90.